The van der Waals surface area contributed by atoms with Gasteiger partial charge in [-0.25, -0.2) is 9.78 Å². The Morgan fingerprint density at radius 3 is 2.47 bits per heavy atom. The fourth-order valence-electron chi connectivity index (χ4n) is 4.61. The van der Waals surface area contributed by atoms with Crippen LogP contribution in [-0.4, -0.2) is 45.5 Å². The van der Waals surface area contributed by atoms with E-state index in [9.17, 15) is 15.0 Å². The highest BCUT2D eigenvalue weighted by atomic mass is 35.5. The van der Waals surface area contributed by atoms with Gasteiger partial charge in [0.05, 0.1) is 11.1 Å². The molecule has 2 aromatic heterocycles. The minimum absolute atomic E-state index is 0.0224. The number of fused-ring (bicyclic) bond motifs is 4. The van der Waals surface area contributed by atoms with Crippen molar-refractivity contribution in [1.82, 2.24) is 15.3 Å². The van der Waals surface area contributed by atoms with Gasteiger partial charge < -0.3 is 25.3 Å². The van der Waals surface area contributed by atoms with Crippen molar-refractivity contribution in [2.75, 3.05) is 13.2 Å². The van der Waals surface area contributed by atoms with Gasteiger partial charge in [-0.15, -0.1) is 0 Å². The number of aliphatic hydroxyl groups excluding tert-OH is 2. The molecule has 4 aromatic rings. The number of nitrogens with zero attached hydrogens (tertiary/aromatic N) is 1. The number of alkyl carbamates (subject to hydrolysis) is 1. The molecule has 2 unspecified atom stereocenters. The minimum atomic E-state index is -1.18. The van der Waals surface area contributed by atoms with Crippen LogP contribution in [0.5, 0.6) is 0 Å². The Balaban J connectivity index is 1.15. The van der Waals surface area contributed by atoms with Crippen LogP contribution < -0.4 is 5.32 Å². The molecule has 0 saturated carbocycles. The summed E-state index contributed by atoms with van der Waals surface area (Å²) in [7, 11) is 0. The van der Waals surface area contributed by atoms with E-state index in [0.29, 0.717) is 21.6 Å². The Hall–Kier alpha value is -3.39. The lowest BCUT2D eigenvalue weighted by Gasteiger charge is -2.18. The van der Waals surface area contributed by atoms with Crippen molar-refractivity contribution >= 4 is 28.7 Å². The van der Waals surface area contributed by atoms with Gasteiger partial charge in [-0.1, -0.05) is 60.1 Å². The number of nitrogens with one attached hydrogen (secondary N) is 2. The molecule has 8 heteroatoms. The van der Waals surface area contributed by atoms with Crippen molar-refractivity contribution in [3.63, 3.8) is 0 Å². The summed E-state index contributed by atoms with van der Waals surface area (Å²) in [6, 6.07) is 17.9. The zero-order chi connectivity index (χ0) is 23.7. The summed E-state index contributed by atoms with van der Waals surface area (Å²) in [4.78, 5) is 19.4. The van der Waals surface area contributed by atoms with Crippen molar-refractivity contribution in [2.45, 2.75) is 24.5 Å². The van der Waals surface area contributed by atoms with Gasteiger partial charge in [0.15, 0.2) is 0 Å². The van der Waals surface area contributed by atoms with E-state index in [4.69, 9.17) is 16.3 Å². The highest BCUT2D eigenvalue weighted by molar-refractivity contribution is 6.35. The number of amides is 1. The Morgan fingerprint density at radius 1 is 1.09 bits per heavy atom. The SMILES string of the molecule is O=C(NCCC(O)C(O)c1c[nH]c2nccc(Cl)c12)OCC1c2ccccc2-c2ccccc21. The number of pyridine rings is 1. The van der Waals surface area contributed by atoms with Crippen LogP contribution >= 0.6 is 11.6 Å². The van der Waals surface area contributed by atoms with E-state index in [1.165, 1.54) is 0 Å². The maximum atomic E-state index is 12.3. The molecule has 2 heterocycles. The lowest BCUT2D eigenvalue weighted by atomic mass is 9.98. The van der Waals surface area contributed by atoms with Crippen molar-refractivity contribution in [3.05, 3.63) is 88.7 Å². The molecule has 174 valence electrons. The molecule has 0 spiro atoms. The third-order valence-electron chi connectivity index (χ3n) is 6.29. The summed E-state index contributed by atoms with van der Waals surface area (Å²) >= 11 is 6.22. The number of hydrogen-bond acceptors (Lipinski definition) is 5. The average Bonchev–Trinajstić information content (AvgIpc) is 3.43. The Morgan fingerprint density at radius 2 is 1.76 bits per heavy atom. The van der Waals surface area contributed by atoms with Crippen LogP contribution in [0.25, 0.3) is 22.2 Å². The molecule has 5 rings (SSSR count). The first kappa shape index (κ1) is 22.4. The van der Waals surface area contributed by atoms with Gasteiger partial charge in [0, 0.05) is 35.8 Å². The summed E-state index contributed by atoms with van der Waals surface area (Å²) < 4.78 is 5.50. The number of carbonyl (C=O) groups is 1. The van der Waals surface area contributed by atoms with Gasteiger partial charge >= 0.3 is 6.09 Å². The quantitative estimate of drug-likeness (QED) is 0.312. The molecule has 1 aliphatic carbocycles. The number of benzene rings is 2. The van der Waals surface area contributed by atoms with Gasteiger partial charge in [-0.05, 0) is 34.7 Å². The molecule has 2 atom stereocenters. The maximum absolute atomic E-state index is 12.3. The van der Waals surface area contributed by atoms with Crippen molar-refractivity contribution in [2.24, 2.45) is 0 Å². The average molecular weight is 478 g/mol. The molecular weight excluding hydrogens is 454 g/mol. The van der Waals surface area contributed by atoms with Crippen molar-refractivity contribution in [3.8, 4) is 11.1 Å². The van der Waals surface area contributed by atoms with Crippen LogP contribution in [0.4, 0.5) is 4.79 Å². The molecule has 0 fully saturated rings. The molecule has 0 aliphatic heterocycles. The molecule has 0 saturated heterocycles. The summed E-state index contributed by atoms with van der Waals surface area (Å²) in [5.74, 6) is -0.0224. The number of aliphatic hydroxyl groups is 2. The second kappa shape index (κ2) is 9.46. The van der Waals surface area contributed by atoms with E-state index in [1.807, 2.05) is 24.3 Å². The first-order valence-corrected chi connectivity index (χ1v) is 11.5. The van der Waals surface area contributed by atoms with Crippen LogP contribution in [0.3, 0.4) is 0 Å². The topological polar surface area (TPSA) is 107 Å². The van der Waals surface area contributed by atoms with Gasteiger partial charge in [-0.3, -0.25) is 0 Å². The minimum Gasteiger partial charge on any atom is -0.449 e. The summed E-state index contributed by atoms with van der Waals surface area (Å²) in [5, 5.41) is 24.7. The lowest BCUT2D eigenvalue weighted by molar-refractivity contribution is 0.0145. The fraction of sp³-hybridized carbons (Fsp3) is 0.231. The second-order valence-electron chi connectivity index (χ2n) is 8.31. The molecule has 7 nitrogen and oxygen atoms in total. The van der Waals surface area contributed by atoms with Crippen molar-refractivity contribution in [1.29, 1.82) is 0 Å². The second-order valence-corrected chi connectivity index (χ2v) is 8.72. The number of aromatic nitrogens is 2. The normalized spacial score (nSPS) is 14.4. The molecule has 1 amide bonds. The van der Waals surface area contributed by atoms with Crippen LogP contribution in [0.1, 0.15) is 35.1 Å². The number of hydrogen-bond donors (Lipinski definition) is 4. The Bertz CT molecular complexity index is 1290. The lowest BCUT2D eigenvalue weighted by Crippen LogP contribution is -2.30. The van der Waals surface area contributed by atoms with Crippen molar-refractivity contribution < 1.29 is 19.7 Å². The van der Waals surface area contributed by atoms with E-state index in [-0.39, 0.29) is 25.5 Å². The van der Waals surface area contributed by atoms with Crippen LogP contribution in [0.15, 0.2) is 67.0 Å². The molecule has 0 bridgehead atoms. The number of H-pyrrole nitrogens is 1. The smallest absolute Gasteiger partial charge is 0.407 e. The highest BCUT2D eigenvalue weighted by Gasteiger charge is 2.29. The summed E-state index contributed by atoms with van der Waals surface area (Å²) in [6.45, 7) is 0.356. The third kappa shape index (κ3) is 4.14. The Labute approximate surface area is 201 Å². The molecule has 4 N–H and O–H groups in total. The van der Waals surface area contributed by atoms with Crippen LogP contribution in [0, 0.1) is 0 Å². The number of rotatable bonds is 7. The van der Waals surface area contributed by atoms with Gasteiger partial charge in [0.2, 0.25) is 0 Å². The first-order chi connectivity index (χ1) is 16.5. The fourth-order valence-corrected chi connectivity index (χ4v) is 4.87. The number of ether oxygens (including phenoxy) is 1. The van der Waals surface area contributed by atoms with Gasteiger partial charge in [0.25, 0.3) is 0 Å². The summed E-state index contributed by atoms with van der Waals surface area (Å²) in [5.41, 5.74) is 5.60. The zero-order valence-electron chi connectivity index (χ0n) is 18.2. The number of aromatic amines is 1. The maximum Gasteiger partial charge on any atom is 0.407 e. The van der Waals surface area contributed by atoms with Gasteiger partial charge in [-0.2, -0.15) is 0 Å². The van der Waals surface area contributed by atoms with E-state index < -0.39 is 18.3 Å². The van der Waals surface area contributed by atoms with E-state index in [0.717, 1.165) is 22.3 Å². The predicted octanol–water partition coefficient (Wildman–Crippen LogP) is 4.54. The molecule has 1 aliphatic rings. The number of carbonyl (C=O) groups excluding carboxylic acids is 1. The van der Waals surface area contributed by atoms with E-state index in [2.05, 4.69) is 39.6 Å². The van der Waals surface area contributed by atoms with E-state index in [1.54, 1.807) is 18.5 Å². The standard InChI is InChI=1S/C26H24ClN3O4/c27-21-9-11-28-25-23(21)19(13-30-25)24(32)22(31)10-12-29-26(33)34-14-20-17-7-3-1-5-15(17)16-6-2-4-8-18(16)20/h1-9,11,13,20,22,24,31-32H,10,12,14H2,(H,28,30)(H,29,33). The Kier molecular flexibility index (Phi) is 6.24. The monoisotopic (exact) mass is 477 g/mol. The molecule has 34 heavy (non-hydrogen) atoms. The zero-order valence-corrected chi connectivity index (χ0v) is 19.0. The molecular formula is C26H24ClN3O4. The largest absolute Gasteiger partial charge is 0.449 e. The van der Waals surface area contributed by atoms with Gasteiger partial charge in [0.1, 0.15) is 18.4 Å². The van der Waals surface area contributed by atoms with Crippen LogP contribution in [-0.2, 0) is 4.74 Å². The first-order valence-electron chi connectivity index (χ1n) is 11.1. The summed E-state index contributed by atoms with van der Waals surface area (Å²) in [6.07, 6.45) is 0.421. The highest BCUT2D eigenvalue weighted by Crippen LogP contribution is 2.44. The number of halogens is 1. The molecule has 2 aromatic carbocycles. The third-order valence-corrected chi connectivity index (χ3v) is 6.60. The predicted molar refractivity (Wildman–Crippen MR) is 130 cm³/mol. The molecule has 0 radical (unpaired) electrons. The van der Waals surface area contributed by atoms with E-state index >= 15 is 0 Å². The van der Waals surface area contributed by atoms with Crippen LogP contribution in [0.2, 0.25) is 5.02 Å².